The van der Waals surface area contributed by atoms with E-state index in [0.717, 1.165) is 29.5 Å². The van der Waals surface area contributed by atoms with E-state index in [0.29, 0.717) is 17.5 Å². The fourth-order valence-corrected chi connectivity index (χ4v) is 6.60. The van der Waals surface area contributed by atoms with Gasteiger partial charge in [-0.2, -0.15) is 0 Å². The van der Waals surface area contributed by atoms with Gasteiger partial charge in [0.25, 0.3) is 0 Å². The zero-order chi connectivity index (χ0) is 32.1. The van der Waals surface area contributed by atoms with Gasteiger partial charge in [0.05, 0.1) is 0 Å². The van der Waals surface area contributed by atoms with Crippen LogP contribution >= 0.6 is 0 Å². The van der Waals surface area contributed by atoms with Crippen LogP contribution in [-0.4, -0.2) is 15.0 Å². The van der Waals surface area contributed by atoms with Crippen LogP contribution in [0.5, 0.6) is 0 Å². The van der Waals surface area contributed by atoms with Gasteiger partial charge < -0.3 is 0 Å². The molecular formula is C44H37N3. The first-order valence-corrected chi connectivity index (χ1v) is 16.4. The van der Waals surface area contributed by atoms with Crippen molar-refractivity contribution in [1.82, 2.24) is 15.0 Å². The van der Waals surface area contributed by atoms with E-state index < -0.39 is 0 Å². The Morgan fingerprint density at radius 2 is 0.660 bits per heavy atom. The van der Waals surface area contributed by atoms with Gasteiger partial charge in [-0.25, -0.2) is 15.0 Å². The van der Waals surface area contributed by atoms with Crippen LogP contribution in [0.1, 0.15) is 37.8 Å². The van der Waals surface area contributed by atoms with Crippen molar-refractivity contribution in [3.05, 3.63) is 175 Å². The second-order valence-electron chi connectivity index (χ2n) is 11.9. The summed E-state index contributed by atoms with van der Waals surface area (Å²) in [6.07, 6.45) is 1.99. The highest BCUT2D eigenvalue weighted by atomic mass is 15.0. The summed E-state index contributed by atoms with van der Waals surface area (Å²) in [5.41, 5.74) is 10.3. The molecule has 3 heteroatoms. The normalized spacial score (nSPS) is 11.4. The maximum absolute atomic E-state index is 4.93. The molecule has 0 atom stereocenters. The Balaban J connectivity index is 1.21. The zero-order valence-electron chi connectivity index (χ0n) is 26.8. The lowest BCUT2D eigenvalue weighted by Crippen LogP contribution is -2.26. The molecule has 0 aliphatic rings. The van der Waals surface area contributed by atoms with Crippen LogP contribution in [0.3, 0.4) is 0 Å². The van der Waals surface area contributed by atoms with E-state index in [1.54, 1.807) is 0 Å². The Bertz CT molecular complexity index is 2010. The zero-order valence-corrected chi connectivity index (χ0v) is 26.8. The van der Waals surface area contributed by atoms with Crippen molar-refractivity contribution in [2.75, 3.05) is 0 Å². The third kappa shape index (κ3) is 6.13. The van der Waals surface area contributed by atoms with Crippen LogP contribution in [0.2, 0.25) is 0 Å². The smallest absolute Gasteiger partial charge is 0.164 e. The molecule has 0 bridgehead atoms. The fraction of sp³-hybridized carbons (Fsp3) is 0.114. The highest BCUT2D eigenvalue weighted by Crippen LogP contribution is 2.40. The molecule has 0 unspecified atom stereocenters. The van der Waals surface area contributed by atoms with Gasteiger partial charge in [-0.3, -0.25) is 0 Å². The monoisotopic (exact) mass is 607 g/mol. The second kappa shape index (κ2) is 13.4. The van der Waals surface area contributed by atoms with Crippen molar-refractivity contribution < 1.29 is 0 Å². The molecular weight excluding hydrogens is 571 g/mol. The standard InChI is InChI=1S/C44H37N3/c1-3-44(4-2,39-27-23-33(24-28-39)38-22-14-21-37(31-38)32-15-8-5-9-16-32)40-29-25-36(26-30-40)43-46-41(34-17-10-6-11-18-34)45-42(47-43)35-19-12-7-13-20-35/h5-31H,3-4H2,1-2H3. The Labute approximate surface area is 277 Å². The minimum absolute atomic E-state index is 0.105. The molecule has 47 heavy (non-hydrogen) atoms. The molecule has 0 saturated carbocycles. The summed E-state index contributed by atoms with van der Waals surface area (Å²) in [4.78, 5) is 14.7. The first-order chi connectivity index (χ1) is 23.2. The van der Waals surface area contributed by atoms with Crippen molar-refractivity contribution in [1.29, 1.82) is 0 Å². The number of hydrogen-bond donors (Lipinski definition) is 0. The molecule has 0 fully saturated rings. The molecule has 0 aliphatic carbocycles. The van der Waals surface area contributed by atoms with Crippen LogP contribution in [0, 0.1) is 0 Å². The molecule has 1 heterocycles. The first-order valence-electron chi connectivity index (χ1n) is 16.4. The summed E-state index contributed by atoms with van der Waals surface area (Å²) in [5.74, 6) is 2.01. The van der Waals surface area contributed by atoms with E-state index in [2.05, 4.69) is 117 Å². The molecule has 0 amide bonds. The average molecular weight is 608 g/mol. The summed E-state index contributed by atoms with van der Waals surface area (Å²) < 4.78 is 0. The quantitative estimate of drug-likeness (QED) is 0.164. The predicted octanol–water partition coefficient (Wildman–Crippen LogP) is 11.3. The first kappa shape index (κ1) is 30.0. The molecule has 0 aliphatic heterocycles. The van der Waals surface area contributed by atoms with E-state index in [1.165, 1.54) is 33.4 Å². The van der Waals surface area contributed by atoms with Crippen LogP contribution in [0.15, 0.2) is 164 Å². The van der Waals surface area contributed by atoms with E-state index in [1.807, 2.05) is 60.7 Å². The van der Waals surface area contributed by atoms with E-state index in [-0.39, 0.29) is 5.41 Å². The molecule has 0 radical (unpaired) electrons. The van der Waals surface area contributed by atoms with Crippen LogP contribution in [0.4, 0.5) is 0 Å². The number of rotatable bonds is 9. The van der Waals surface area contributed by atoms with Crippen LogP contribution in [-0.2, 0) is 5.41 Å². The third-order valence-electron chi connectivity index (χ3n) is 9.34. The largest absolute Gasteiger partial charge is 0.208 e. The minimum atomic E-state index is -0.105. The van der Waals surface area contributed by atoms with Crippen LogP contribution in [0.25, 0.3) is 56.4 Å². The van der Waals surface area contributed by atoms with Gasteiger partial charge in [0.15, 0.2) is 17.5 Å². The van der Waals surface area contributed by atoms with Gasteiger partial charge in [-0.05, 0) is 52.3 Å². The molecule has 228 valence electrons. The predicted molar refractivity (Wildman–Crippen MR) is 195 cm³/mol. The molecule has 7 rings (SSSR count). The Morgan fingerprint density at radius 1 is 0.340 bits per heavy atom. The van der Waals surface area contributed by atoms with E-state index in [4.69, 9.17) is 15.0 Å². The Hall–Kier alpha value is -5.67. The van der Waals surface area contributed by atoms with E-state index in [9.17, 15) is 0 Å². The maximum Gasteiger partial charge on any atom is 0.164 e. The Morgan fingerprint density at radius 3 is 1.06 bits per heavy atom. The van der Waals surface area contributed by atoms with Gasteiger partial charge in [0.1, 0.15) is 0 Å². The summed E-state index contributed by atoms with van der Waals surface area (Å²) in [6.45, 7) is 4.58. The fourth-order valence-electron chi connectivity index (χ4n) is 6.60. The summed E-state index contributed by atoms with van der Waals surface area (Å²) >= 11 is 0. The van der Waals surface area contributed by atoms with Gasteiger partial charge in [-0.15, -0.1) is 0 Å². The summed E-state index contributed by atoms with van der Waals surface area (Å²) in [6, 6.07) is 57.6. The third-order valence-corrected chi connectivity index (χ3v) is 9.34. The van der Waals surface area contributed by atoms with Crippen LogP contribution < -0.4 is 0 Å². The lowest BCUT2D eigenvalue weighted by Gasteiger charge is -2.33. The van der Waals surface area contributed by atoms with Crippen molar-refractivity contribution in [3.8, 4) is 56.4 Å². The molecule has 0 spiro atoms. The van der Waals surface area contributed by atoms with Crippen molar-refractivity contribution in [2.45, 2.75) is 32.1 Å². The number of nitrogens with zero attached hydrogens (tertiary/aromatic N) is 3. The Kier molecular flexibility index (Phi) is 8.53. The lowest BCUT2D eigenvalue weighted by molar-refractivity contribution is 0.478. The summed E-state index contributed by atoms with van der Waals surface area (Å²) in [7, 11) is 0. The topological polar surface area (TPSA) is 38.7 Å². The van der Waals surface area contributed by atoms with Gasteiger partial charge in [0.2, 0.25) is 0 Å². The molecule has 6 aromatic carbocycles. The van der Waals surface area contributed by atoms with Crippen molar-refractivity contribution in [3.63, 3.8) is 0 Å². The van der Waals surface area contributed by atoms with Gasteiger partial charge >= 0.3 is 0 Å². The lowest BCUT2D eigenvalue weighted by atomic mass is 9.70. The van der Waals surface area contributed by atoms with Gasteiger partial charge in [-0.1, -0.05) is 172 Å². The molecule has 1 aromatic heterocycles. The summed E-state index contributed by atoms with van der Waals surface area (Å²) in [5, 5.41) is 0. The maximum atomic E-state index is 4.93. The van der Waals surface area contributed by atoms with Crippen molar-refractivity contribution >= 4 is 0 Å². The minimum Gasteiger partial charge on any atom is -0.208 e. The highest BCUT2D eigenvalue weighted by Gasteiger charge is 2.30. The second-order valence-corrected chi connectivity index (χ2v) is 11.9. The van der Waals surface area contributed by atoms with Gasteiger partial charge in [0, 0.05) is 22.1 Å². The highest BCUT2D eigenvalue weighted by molar-refractivity contribution is 5.73. The number of hydrogen-bond acceptors (Lipinski definition) is 3. The molecule has 0 saturated heterocycles. The SMILES string of the molecule is CCC(CC)(c1ccc(-c2cccc(-c3ccccc3)c2)cc1)c1ccc(-c2nc(-c3ccccc3)nc(-c3ccccc3)n2)cc1. The molecule has 3 nitrogen and oxygen atoms in total. The molecule has 7 aromatic rings. The van der Waals surface area contributed by atoms with Crippen molar-refractivity contribution in [2.24, 2.45) is 0 Å². The average Bonchev–Trinajstić information content (AvgIpc) is 3.17. The number of benzene rings is 6. The number of aromatic nitrogens is 3. The van der Waals surface area contributed by atoms with E-state index >= 15 is 0 Å². The molecule has 0 N–H and O–H groups in total.